The smallest absolute Gasteiger partial charge is 0.240 e. The monoisotopic (exact) mass is 342 g/mol. The Balaban J connectivity index is 1.52. The molecule has 0 saturated carbocycles. The highest BCUT2D eigenvalue weighted by Crippen LogP contribution is 2.22. The van der Waals surface area contributed by atoms with Crippen LogP contribution in [0, 0.1) is 0 Å². The van der Waals surface area contributed by atoms with E-state index in [0.29, 0.717) is 5.56 Å². The van der Waals surface area contributed by atoms with E-state index in [0.717, 1.165) is 16.2 Å². The number of rotatable bonds is 6. The van der Waals surface area contributed by atoms with E-state index >= 15 is 0 Å². The van der Waals surface area contributed by atoms with E-state index < -0.39 is 12.0 Å². The lowest BCUT2D eigenvalue weighted by atomic mass is 10.1. The average molecular weight is 342 g/mol. The Morgan fingerprint density at radius 2 is 1.84 bits per heavy atom. The van der Waals surface area contributed by atoms with Gasteiger partial charge in [0, 0.05) is 24.9 Å². The number of nitrogens with zero attached hydrogens (tertiary/aromatic N) is 1. The van der Waals surface area contributed by atoms with Crippen LogP contribution in [0.1, 0.15) is 24.5 Å². The number of aliphatic hydroxyl groups is 1. The van der Waals surface area contributed by atoms with Crippen LogP contribution in [-0.4, -0.2) is 40.8 Å². The van der Waals surface area contributed by atoms with Crippen LogP contribution in [0.4, 0.5) is 0 Å². The number of furan rings is 1. The molecule has 0 spiro atoms. The molecule has 1 fully saturated rings. The number of amides is 3. The fourth-order valence-corrected chi connectivity index (χ4v) is 2.64. The van der Waals surface area contributed by atoms with Crippen LogP contribution >= 0.6 is 0 Å². The summed E-state index contributed by atoms with van der Waals surface area (Å²) >= 11 is 0. The van der Waals surface area contributed by atoms with Gasteiger partial charge in [0.2, 0.25) is 17.7 Å². The van der Waals surface area contributed by atoms with E-state index in [2.05, 4.69) is 5.32 Å². The lowest BCUT2D eigenvalue weighted by molar-refractivity contribution is -0.142. The van der Waals surface area contributed by atoms with Crippen LogP contribution in [0.3, 0.4) is 0 Å². The number of carbonyl (C=O) groups excluding carboxylic acids is 3. The fourth-order valence-electron chi connectivity index (χ4n) is 2.64. The molecule has 0 aliphatic carbocycles. The summed E-state index contributed by atoms with van der Waals surface area (Å²) in [6.45, 7) is -0.309. The molecule has 0 radical (unpaired) electrons. The molecule has 1 aromatic carbocycles. The van der Waals surface area contributed by atoms with E-state index in [9.17, 15) is 19.5 Å². The van der Waals surface area contributed by atoms with E-state index in [1.165, 1.54) is 0 Å². The molecule has 1 aliphatic heterocycles. The van der Waals surface area contributed by atoms with Gasteiger partial charge < -0.3 is 14.8 Å². The summed E-state index contributed by atoms with van der Waals surface area (Å²) in [6.07, 6.45) is 0.997. The first-order valence-electron chi connectivity index (χ1n) is 7.96. The minimum atomic E-state index is -0.889. The highest BCUT2D eigenvalue weighted by molar-refractivity contribution is 6.04. The molecule has 2 heterocycles. The van der Waals surface area contributed by atoms with Crippen molar-refractivity contribution in [3.63, 3.8) is 0 Å². The van der Waals surface area contributed by atoms with Crippen molar-refractivity contribution in [2.24, 2.45) is 0 Å². The van der Waals surface area contributed by atoms with Crippen molar-refractivity contribution in [3.8, 4) is 11.3 Å². The van der Waals surface area contributed by atoms with Gasteiger partial charge in [-0.05, 0) is 17.7 Å². The van der Waals surface area contributed by atoms with E-state index in [-0.39, 0.29) is 37.7 Å². The first-order chi connectivity index (χ1) is 12.0. The minimum absolute atomic E-state index is 0.00481. The van der Waals surface area contributed by atoms with Crippen molar-refractivity contribution in [1.29, 1.82) is 0 Å². The molecule has 2 N–H and O–H groups in total. The van der Waals surface area contributed by atoms with Crippen molar-refractivity contribution in [2.45, 2.75) is 18.9 Å². The zero-order valence-electron chi connectivity index (χ0n) is 13.5. The van der Waals surface area contributed by atoms with Gasteiger partial charge in [-0.3, -0.25) is 19.3 Å². The highest BCUT2D eigenvalue weighted by Gasteiger charge is 2.30. The Morgan fingerprint density at radius 3 is 2.44 bits per heavy atom. The molecule has 25 heavy (non-hydrogen) atoms. The first kappa shape index (κ1) is 16.9. The van der Waals surface area contributed by atoms with Gasteiger partial charge in [0.1, 0.15) is 12.3 Å². The van der Waals surface area contributed by atoms with Crippen LogP contribution in [0.25, 0.3) is 11.3 Å². The number of likely N-dealkylation sites (tertiary alicyclic amines) is 1. The molecule has 1 aliphatic rings. The molecule has 0 unspecified atom stereocenters. The maximum Gasteiger partial charge on any atom is 0.240 e. The molecule has 130 valence electrons. The lowest BCUT2D eigenvalue weighted by Gasteiger charge is -2.16. The van der Waals surface area contributed by atoms with Gasteiger partial charge in [-0.25, -0.2) is 0 Å². The Bertz CT molecular complexity index is 751. The van der Waals surface area contributed by atoms with Gasteiger partial charge in [-0.1, -0.05) is 24.3 Å². The molecule has 2 aromatic rings. The first-order valence-corrected chi connectivity index (χ1v) is 7.96. The second-order valence-electron chi connectivity index (χ2n) is 5.79. The van der Waals surface area contributed by atoms with Crippen molar-refractivity contribution in [3.05, 3.63) is 48.2 Å². The molecular weight excluding hydrogens is 324 g/mol. The van der Waals surface area contributed by atoms with Crippen molar-refractivity contribution in [1.82, 2.24) is 10.2 Å². The molecule has 7 nitrogen and oxygen atoms in total. The molecule has 3 amide bonds. The van der Waals surface area contributed by atoms with Crippen LogP contribution in [-0.2, 0) is 14.4 Å². The van der Waals surface area contributed by atoms with Crippen LogP contribution in [0.2, 0.25) is 0 Å². The number of benzene rings is 1. The molecule has 1 aromatic heterocycles. The predicted molar refractivity (Wildman–Crippen MR) is 88.1 cm³/mol. The Kier molecular flexibility index (Phi) is 4.95. The Morgan fingerprint density at radius 1 is 1.16 bits per heavy atom. The largest absolute Gasteiger partial charge is 0.464 e. The lowest BCUT2D eigenvalue weighted by Crippen LogP contribution is -2.41. The number of aliphatic hydroxyl groups excluding tert-OH is 1. The standard InChI is InChI=1S/C18H18N2O5/c21-14(10-19-16(22)11-20-17(23)7-8-18(20)24)12-3-5-13(6-4-12)15-2-1-9-25-15/h1-6,9,14,21H,7-8,10-11H2,(H,19,22)/t14-/m1/s1. The summed E-state index contributed by atoms with van der Waals surface area (Å²) in [5, 5.41) is 12.7. The number of nitrogens with one attached hydrogen (secondary N) is 1. The molecular formula is C18H18N2O5. The fraction of sp³-hybridized carbons (Fsp3) is 0.278. The van der Waals surface area contributed by atoms with E-state index in [1.807, 2.05) is 18.2 Å². The Hall–Kier alpha value is -2.93. The quantitative estimate of drug-likeness (QED) is 0.770. The van der Waals surface area contributed by atoms with Gasteiger partial charge in [0.15, 0.2) is 0 Å². The molecule has 3 rings (SSSR count). The average Bonchev–Trinajstić information content (AvgIpc) is 3.26. The number of hydrogen-bond donors (Lipinski definition) is 2. The third-order valence-corrected chi connectivity index (χ3v) is 4.05. The van der Waals surface area contributed by atoms with Gasteiger partial charge in [-0.2, -0.15) is 0 Å². The summed E-state index contributed by atoms with van der Waals surface area (Å²) in [6, 6.07) is 10.8. The Labute approximate surface area is 144 Å². The number of hydrogen-bond acceptors (Lipinski definition) is 5. The summed E-state index contributed by atoms with van der Waals surface area (Å²) in [4.78, 5) is 35.8. The maximum absolute atomic E-state index is 11.9. The van der Waals surface area contributed by atoms with Gasteiger partial charge in [0.05, 0.1) is 12.4 Å². The van der Waals surface area contributed by atoms with Crippen molar-refractivity contribution in [2.75, 3.05) is 13.1 Å². The summed E-state index contributed by atoms with van der Waals surface area (Å²) in [5.74, 6) is -0.424. The summed E-state index contributed by atoms with van der Waals surface area (Å²) in [5.41, 5.74) is 1.53. The summed E-state index contributed by atoms with van der Waals surface area (Å²) in [7, 11) is 0. The highest BCUT2D eigenvalue weighted by atomic mass is 16.3. The third-order valence-electron chi connectivity index (χ3n) is 4.05. The van der Waals surface area contributed by atoms with Gasteiger partial charge in [-0.15, -0.1) is 0 Å². The molecule has 7 heteroatoms. The SMILES string of the molecule is O=C(CN1C(=O)CCC1=O)NC[C@@H](O)c1ccc(-c2ccco2)cc1. The zero-order valence-corrected chi connectivity index (χ0v) is 13.5. The summed E-state index contributed by atoms with van der Waals surface area (Å²) < 4.78 is 5.30. The molecule has 1 saturated heterocycles. The van der Waals surface area contributed by atoms with Gasteiger partial charge in [0.25, 0.3) is 0 Å². The van der Waals surface area contributed by atoms with Crippen LogP contribution in [0.5, 0.6) is 0 Å². The normalized spacial score (nSPS) is 15.5. The number of imide groups is 1. The van der Waals surface area contributed by atoms with E-state index in [1.54, 1.807) is 24.5 Å². The second kappa shape index (κ2) is 7.31. The van der Waals surface area contributed by atoms with Gasteiger partial charge >= 0.3 is 0 Å². The zero-order chi connectivity index (χ0) is 17.8. The maximum atomic E-state index is 11.9. The van der Waals surface area contributed by atoms with Crippen molar-refractivity contribution >= 4 is 17.7 Å². The molecule has 0 bridgehead atoms. The number of carbonyl (C=O) groups is 3. The van der Waals surface area contributed by atoms with Crippen LogP contribution in [0.15, 0.2) is 47.1 Å². The molecule has 1 atom stereocenters. The second-order valence-corrected chi connectivity index (χ2v) is 5.79. The minimum Gasteiger partial charge on any atom is -0.464 e. The predicted octanol–water partition coefficient (Wildman–Crippen LogP) is 1.25. The van der Waals surface area contributed by atoms with E-state index in [4.69, 9.17) is 4.42 Å². The topological polar surface area (TPSA) is 99.9 Å². The van der Waals surface area contributed by atoms with Crippen molar-refractivity contribution < 1.29 is 23.9 Å². The third kappa shape index (κ3) is 3.95. The van der Waals surface area contributed by atoms with Crippen LogP contribution < -0.4 is 5.32 Å².